The molecule has 0 bridgehead atoms. The van der Waals surface area contributed by atoms with Gasteiger partial charge in [-0.2, -0.15) is 11.8 Å². The Bertz CT molecular complexity index is 356. The van der Waals surface area contributed by atoms with Crippen LogP contribution in [0, 0.1) is 0 Å². The van der Waals surface area contributed by atoms with E-state index in [0.717, 1.165) is 25.3 Å². The molecule has 0 fully saturated rings. The fourth-order valence-electron chi connectivity index (χ4n) is 2.16. The monoisotopic (exact) mass is 296 g/mol. The molecule has 1 atom stereocenters. The van der Waals surface area contributed by atoms with Crippen molar-refractivity contribution in [1.82, 2.24) is 4.90 Å². The first-order chi connectivity index (χ1) is 9.71. The average molecular weight is 296 g/mol. The summed E-state index contributed by atoms with van der Waals surface area (Å²) in [6, 6.07) is 8.89. The number of ether oxygens (including phenoxy) is 1. The summed E-state index contributed by atoms with van der Waals surface area (Å²) in [5.41, 5.74) is 6.81. The summed E-state index contributed by atoms with van der Waals surface area (Å²) in [4.78, 5) is 2.39. The van der Waals surface area contributed by atoms with Gasteiger partial charge in [0.05, 0.1) is 0 Å². The smallest absolute Gasteiger partial charge is 0.119 e. The third-order valence-corrected chi connectivity index (χ3v) is 4.24. The normalized spacial score (nSPS) is 12.7. The fraction of sp³-hybridized carbons (Fsp3) is 0.625. The molecule has 0 heterocycles. The molecule has 0 saturated carbocycles. The van der Waals surface area contributed by atoms with E-state index in [1.54, 1.807) is 0 Å². The third kappa shape index (κ3) is 6.16. The van der Waals surface area contributed by atoms with Crippen LogP contribution in [-0.4, -0.2) is 49.7 Å². The Kier molecular flexibility index (Phi) is 8.74. The number of nitrogens with two attached hydrogens (primary N) is 1. The Morgan fingerprint density at radius 3 is 2.55 bits per heavy atom. The number of hydrogen-bond donors (Lipinski definition) is 1. The highest BCUT2D eigenvalue weighted by molar-refractivity contribution is 7.98. The minimum atomic E-state index is 0.639. The van der Waals surface area contributed by atoms with Crippen LogP contribution in [0.5, 0.6) is 5.75 Å². The maximum Gasteiger partial charge on any atom is 0.119 e. The average Bonchev–Trinajstić information content (AvgIpc) is 2.46. The molecule has 0 aliphatic rings. The molecule has 0 radical (unpaired) electrons. The predicted molar refractivity (Wildman–Crippen MR) is 89.8 cm³/mol. The van der Waals surface area contributed by atoms with Crippen molar-refractivity contribution in [3.05, 3.63) is 29.8 Å². The largest absolute Gasteiger partial charge is 0.492 e. The molecule has 20 heavy (non-hydrogen) atoms. The van der Waals surface area contributed by atoms with E-state index in [0.29, 0.717) is 12.6 Å². The maximum atomic E-state index is 5.80. The van der Waals surface area contributed by atoms with Crippen LogP contribution in [0.1, 0.15) is 18.9 Å². The molecule has 0 aliphatic heterocycles. The zero-order valence-corrected chi connectivity index (χ0v) is 13.8. The number of rotatable bonds is 10. The van der Waals surface area contributed by atoms with Gasteiger partial charge in [-0.25, -0.2) is 0 Å². The first-order valence-electron chi connectivity index (χ1n) is 7.32. The van der Waals surface area contributed by atoms with E-state index in [2.05, 4.69) is 37.3 Å². The van der Waals surface area contributed by atoms with Crippen LogP contribution < -0.4 is 10.5 Å². The molecule has 3 nitrogen and oxygen atoms in total. The van der Waals surface area contributed by atoms with Gasteiger partial charge in [0, 0.05) is 18.3 Å². The molecule has 2 N–H and O–H groups in total. The summed E-state index contributed by atoms with van der Waals surface area (Å²) in [7, 11) is 2.18. The van der Waals surface area contributed by atoms with Gasteiger partial charge in [-0.05, 0) is 50.4 Å². The minimum absolute atomic E-state index is 0.639. The van der Waals surface area contributed by atoms with E-state index in [4.69, 9.17) is 10.5 Å². The third-order valence-electron chi connectivity index (χ3n) is 3.52. The topological polar surface area (TPSA) is 38.5 Å². The number of thioether (sulfide) groups is 1. The van der Waals surface area contributed by atoms with Crippen molar-refractivity contribution in [1.29, 1.82) is 0 Å². The quantitative estimate of drug-likeness (QED) is 0.720. The van der Waals surface area contributed by atoms with Crippen molar-refractivity contribution < 1.29 is 4.74 Å². The summed E-state index contributed by atoms with van der Waals surface area (Å²) < 4.78 is 5.80. The molecule has 1 rings (SSSR count). The van der Waals surface area contributed by atoms with Gasteiger partial charge in [0.1, 0.15) is 12.4 Å². The molecule has 1 aromatic carbocycles. The highest BCUT2D eigenvalue weighted by atomic mass is 32.2. The van der Waals surface area contributed by atoms with Crippen LogP contribution in [0.25, 0.3) is 0 Å². The van der Waals surface area contributed by atoms with E-state index < -0.39 is 0 Å². The molecule has 1 unspecified atom stereocenters. The van der Waals surface area contributed by atoms with Crippen molar-refractivity contribution in [2.24, 2.45) is 5.73 Å². The summed E-state index contributed by atoms with van der Waals surface area (Å²) in [5, 5.41) is 0. The second-order valence-corrected chi connectivity index (χ2v) is 5.94. The summed E-state index contributed by atoms with van der Waals surface area (Å²) in [5.74, 6) is 2.12. The Labute approximate surface area is 127 Å². The van der Waals surface area contributed by atoms with E-state index in [1.807, 2.05) is 23.9 Å². The van der Waals surface area contributed by atoms with Gasteiger partial charge in [-0.1, -0.05) is 19.1 Å². The van der Waals surface area contributed by atoms with Crippen LogP contribution in [0.4, 0.5) is 0 Å². The second-order valence-electron chi connectivity index (χ2n) is 5.03. The predicted octanol–water partition coefficient (Wildman–Crippen LogP) is 2.64. The fourth-order valence-corrected chi connectivity index (χ4v) is 3.03. The molecule has 0 aliphatic carbocycles. The van der Waals surface area contributed by atoms with Crippen molar-refractivity contribution >= 4 is 11.8 Å². The Morgan fingerprint density at radius 1 is 1.30 bits per heavy atom. The minimum Gasteiger partial charge on any atom is -0.492 e. The Morgan fingerprint density at radius 2 is 2.00 bits per heavy atom. The molecule has 0 spiro atoms. The first-order valence-corrected chi connectivity index (χ1v) is 8.71. The highest BCUT2D eigenvalue weighted by Gasteiger charge is 2.11. The number of nitrogens with zero attached hydrogens (tertiary/aromatic N) is 1. The van der Waals surface area contributed by atoms with Crippen LogP contribution in [0.2, 0.25) is 0 Å². The van der Waals surface area contributed by atoms with Crippen molar-refractivity contribution in [3.8, 4) is 5.75 Å². The molecule has 0 aromatic heterocycles. The van der Waals surface area contributed by atoms with E-state index in [9.17, 15) is 0 Å². The molecule has 1 aromatic rings. The van der Waals surface area contributed by atoms with Gasteiger partial charge in [0.2, 0.25) is 0 Å². The Balaban J connectivity index is 2.32. The van der Waals surface area contributed by atoms with Crippen molar-refractivity contribution in [2.45, 2.75) is 25.8 Å². The lowest BCUT2D eigenvalue weighted by Crippen LogP contribution is -2.36. The standard InChI is InChI=1S/C16H28N2OS/c1-4-15(13-20-3)18(2)11-12-19-16-7-5-14(6-8-16)9-10-17/h5-8,15H,4,9-13,17H2,1-3H3. The summed E-state index contributed by atoms with van der Waals surface area (Å²) in [6.07, 6.45) is 4.27. The van der Waals surface area contributed by atoms with Crippen LogP contribution in [0.15, 0.2) is 24.3 Å². The number of likely N-dealkylation sites (N-methyl/N-ethyl adjacent to an activating group) is 1. The van der Waals surface area contributed by atoms with Crippen molar-refractivity contribution in [3.63, 3.8) is 0 Å². The zero-order chi connectivity index (χ0) is 14.8. The van der Waals surface area contributed by atoms with Crippen LogP contribution >= 0.6 is 11.8 Å². The van der Waals surface area contributed by atoms with E-state index in [1.165, 1.54) is 17.7 Å². The second kappa shape index (κ2) is 10.1. The lowest BCUT2D eigenvalue weighted by Gasteiger charge is -2.26. The highest BCUT2D eigenvalue weighted by Crippen LogP contribution is 2.13. The molecular formula is C16H28N2OS. The molecular weight excluding hydrogens is 268 g/mol. The van der Waals surface area contributed by atoms with Crippen molar-refractivity contribution in [2.75, 3.05) is 38.8 Å². The zero-order valence-electron chi connectivity index (χ0n) is 13.0. The molecule has 114 valence electrons. The lowest BCUT2D eigenvalue weighted by molar-refractivity contribution is 0.199. The lowest BCUT2D eigenvalue weighted by atomic mass is 10.1. The Hall–Kier alpha value is -0.710. The first kappa shape index (κ1) is 17.3. The SMILES string of the molecule is CCC(CSC)N(C)CCOc1ccc(CCN)cc1. The molecule has 0 amide bonds. The van der Waals surface area contributed by atoms with Gasteiger partial charge in [0.25, 0.3) is 0 Å². The van der Waals surface area contributed by atoms with Gasteiger partial charge < -0.3 is 10.5 Å². The van der Waals surface area contributed by atoms with Gasteiger partial charge in [-0.15, -0.1) is 0 Å². The number of hydrogen-bond acceptors (Lipinski definition) is 4. The van der Waals surface area contributed by atoms with Gasteiger partial charge in [-0.3, -0.25) is 4.90 Å². The summed E-state index contributed by atoms with van der Waals surface area (Å²) in [6.45, 7) is 4.63. The van der Waals surface area contributed by atoms with E-state index in [-0.39, 0.29) is 0 Å². The van der Waals surface area contributed by atoms with E-state index >= 15 is 0 Å². The van der Waals surface area contributed by atoms with Gasteiger partial charge in [0.15, 0.2) is 0 Å². The molecule has 0 saturated heterocycles. The van der Waals surface area contributed by atoms with Crippen LogP contribution in [0.3, 0.4) is 0 Å². The molecule has 4 heteroatoms. The van der Waals surface area contributed by atoms with Crippen LogP contribution in [-0.2, 0) is 6.42 Å². The number of benzene rings is 1. The summed E-state index contributed by atoms with van der Waals surface area (Å²) >= 11 is 1.91. The van der Waals surface area contributed by atoms with Gasteiger partial charge >= 0.3 is 0 Å². The maximum absolute atomic E-state index is 5.80.